The van der Waals surface area contributed by atoms with Gasteiger partial charge in [0.25, 0.3) is 0 Å². The zero-order chi connectivity index (χ0) is 3.41. The zero-order valence-corrected chi connectivity index (χ0v) is 4.26. The molecule has 0 aromatic rings. The van der Waals surface area contributed by atoms with Gasteiger partial charge in [-0.1, -0.05) is 0 Å². The van der Waals surface area contributed by atoms with Crippen LogP contribution in [-0.2, 0) is 4.53 Å². The van der Waals surface area contributed by atoms with Crippen molar-refractivity contribution in [2.75, 3.05) is 0 Å². The van der Waals surface area contributed by atoms with Crippen molar-refractivity contribution >= 4 is 40.0 Å². The van der Waals surface area contributed by atoms with Crippen LogP contribution in [-0.4, -0.2) is 40.0 Å². The molecule has 0 N–H and O–H groups in total. The molecule has 0 radical (unpaired) electrons. The summed E-state index contributed by atoms with van der Waals surface area (Å²) >= 11 is 0. The van der Waals surface area contributed by atoms with Gasteiger partial charge in [0.15, 0.2) is 0 Å². The van der Waals surface area contributed by atoms with E-state index in [1.165, 1.54) is 0 Å². The maximum atomic E-state index is 8.74. The second-order valence-corrected chi connectivity index (χ2v) is 0.622. The van der Waals surface area contributed by atoms with Gasteiger partial charge in [0, 0.05) is 0 Å². The summed E-state index contributed by atoms with van der Waals surface area (Å²) in [5, 5.41) is 2.05. The van der Waals surface area contributed by atoms with Crippen LogP contribution < -0.4 is 0 Å². The number of nitrogens with zero attached hydrogens (tertiary/aromatic N) is 1. The third-order valence-corrected chi connectivity index (χ3v) is 0.224. The summed E-state index contributed by atoms with van der Waals surface area (Å²) in [6.07, 6.45) is 0. The van der Waals surface area contributed by atoms with E-state index in [1.54, 1.807) is 0 Å². The summed E-state index contributed by atoms with van der Waals surface area (Å²) in [6.45, 7) is 0. The molecule has 0 aliphatic rings. The number of hydrogen-bond donors (Lipinski definition) is 0. The molecule has 0 aromatic carbocycles. The summed E-state index contributed by atoms with van der Waals surface area (Å²) in [4.78, 5) is 8.74. The van der Waals surface area contributed by atoms with Crippen LogP contribution in [0.4, 0.5) is 0 Å². The Morgan fingerprint density at radius 2 is 2.00 bits per heavy atom. The summed E-state index contributed by atoms with van der Waals surface area (Å²) in [6, 6.07) is 0. The molecule has 0 amide bonds. The van der Waals surface area contributed by atoms with Crippen LogP contribution in [0.25, 0.3) is 0 Å². The Kier molecular flexibility index (Phi) is 16.1. The summed E-state index contributed by atoms with van der Waals surface area (Å²) in [7, 11) is 0.410. The fourth-order valence-corrected chi connectivity index (χ4v) is 0. The molecule has 0 heterocycles. The molecule has 5 heavy (non-hydrogen) atoms. The zero-order valence-electron chi connectivity index (χ0n) is 2.26. The van der Waals surface area contributed by atoms with Gasteiger partial charge < -0.3 is 4.53 Å². The molecule has 0 unspecified atom stereocenters. The van der Waals surface area contributed by atoms with E-state index in [9.17, 15) is 0 Å². The number of hydrogen-bond acceptors (Lipinski definition) is 3. The first-order valence-corrected chi connectivity index (χ1v) is 1.59. The third kappa shape index (κ3) is 12.1. The molecular formula is H4NNaO2Si. The SMILES string of the molecule is O=NO[SiH3].[NaH]. The Morgan fingerprint density at radius 1 is 1.80 bits per heavy atom. The van der Waals surface area contributed by atoms with Crippen molar-refractivity contribution in [2.24, 2.45) is 5.34 Å². The Labute approximate surface area is 54.8 Å². The Balaban J connectivity index is 0. The van der Waals surface area contributed by atoms with Gasteiger partial charge in [0.1, 0.15) is 5.34 Å². The van der Waals surface area contributed by atoms with Crippen LogP contribution in [0.2, 0.25) is 0 Å². The standard InChI is InChI=1S/H3NO2Si.Na.H/c2-1-3-4;;/h4H3;;. The first kappa shape index (κ1) is 9.15. The molecule has 3 nitrogen and oxygen atoms in total. The second kappa shape index (κ2) is 8.82. The second-order valence-electron chi connectivity index (χ2n) is 0.257. The molecule has 5 heteroatoms. The van der Waals surface area contributed by atoms with Crippen LogP contribution in [0.1, 0.15) is 0 Å². The molecule has 0 aliphatic heterocycles. The van der Waals surface area contributed by atoms with Crippen LogP contribution in [0.3, 0.4) is 0 Å². The quantitative estimate of drug-likeness (QED) is 0.225. The van der Waals surface area contributed by atoms with E-state index in [-0.39, 0.29) is 29.6 Å². The number of rotatable bonds is 1. The van der Waals surface area contributed by atoms with E-state index < -0.39 is 0 Å². The Hall–Kier alpha value is 0.617. The van der Waals surface area contributed by atoms with Gasteiger partial charge in [-0.25, -0.2) is 0 Å². The van der Waals surface area contributed by atoms with Gasteiger partial charge in [-0.2, -0.15) is 0 Å². The van der Waals surface area contributed by atoms with Crippen molar-refractivity contribution < 1.29 is 4.53 Å². The van der Waals surface area contributed by atoms with Crippen molar-refractivity contribution in [1.29, 1.82) is 0 Å². The fourth-order valence-electron chi connectivity index (χ4n) is 0. The normalized spacial score (nSPS) is 4.80. The molecule has 0 atom stereocenters. The van der Waals surface area contributed by atoms with Crippen molar-refractivity contribution in [3.63, 3.8) is 0 Å². The van der Waals surface area contributed by atoms with Gasteiger partial charge in [0.05, 0.1) is 0 Å². The summed E-state index contributed by atoms with van der Waals surface area (Å²) in [5.41, 5.74) is 0. The Bertz CT molecular complexity index is 23.6. The Morgan fingerprint density at radius 3 is 2.00 bits per heavy atom. The van der Waals surface area contributed by atoms with Crippen molar-refractivity contribution in [3.8, 4) is 0 Å². The third-order valence-electron chi connectivity index (χ3n) is 0.0745. The molecule has 0 aromatic heterocycles. The average Bonchev–Trinajstić information content (AvgIpc) is 1.37. The van der Waals surface area contributed by atoms with Gasteiger partial charge in [0.2, 0.25) is 10.5 Å². The van der Waals surface area contributed by atoms with Crippen molar-refractivity contribution in [1.82, 2.24) is 0 Å². The van der Waals surface area contributed by atoms with Crippen LogP contribution >= 0.6 is 0 Å². The fraction of sp³-hybridized carbons (Fsp3) is 0. The van der Waals surface area contributed by atoms with Gasteiger partial charge in [-0.05, 0) is 0 Å². The van der Waals surface area contributed by atoms with Crippen LogP contribution in [0.5, 0.6) is 0 Å². The molecule has 0 fully saturated rings. The van der Waals surface area contributed by atoms with Crippen molar-refractivity contribution in [3.05, 3.63) is 4.91 Å². The van der Waals surface area contributed by atoms with Gasteiger partial charge in [-0.15, -0.1) is 4.91 Å². The predicted molar refractivity (Wildman–Crippen MR) is 24.0 cm³/mol. The molecule has 26 valence electrons. The molecule has 0 saturated carbocycles. The topological polar surface area (TPSA) is 38.7 Å². The van der Waals surface area contributed by atoms with E-state index in [0.717, 1.165) is 0 Å². The monoisotopic (exact) mass is 101 g/mol. The predicted octanol–water partition coefficient (Wildman–Crippen LogP) is -1.68. The molecule has 0 rings (SSSR count). The van der Waals surface area contributed by atoms with E-state index in [1.807, 2.05) is 5.34 Å². The molecule has 0 saturated heterocycles. The van der Waals surface area contributed by atoms with Gasteiger partial charge >= 0.3 is 29.6 Å². The molecule has 0 spiro atoms. The van der Waals surface area contributed by atoms with Crippen molar-refractivity contribution in [2.45, 2.75) is 0 Å². The minimum atomic E-state index is 0. The first-order chi connectivity index (χ1) is 1.91. The van der Waals surface area contributed by atoms with E-state index >= 15 is 0 Å². The summed E-state index contributed by atoms with van der Waals surface area (Å²) < 4.78 is 3.75. The average molecular weight is 101 g/mol. The molecule has 0 aliphatic carbocycles. The summed E-state index contributed by atoms with van der Waals surface area (Å²) in [5.74, 6) is 0. The van der Waals surface area contributed by atoms with E-state index in [0.29, 0.717) is 10.5 Å². The minimum absolute atomic E-state index is 0. The maximum absolute atomic E-state index is 8.74. The molecule has 0 bridgehead atoms. The van der Waals surface area contributed by atoms with E-state index in [2.05, 4.69) is 4.53 Å². The van der Waals surface area contributed by atoms with Gasteiger partial charge in [-0.3, -0.25) is 0 Å². The molecular weight excluding hydrogens is 97.1 g/mol. The van der Waals surface area contributed by atoms with Crippen LogP contribution in [0.15, 0.2) is 5.34 Å². The van der Waals surface area contributed by atoms with E-state index in [4.69, 9.17) is 4.91 Å². The first-order valence-electron chi connectivity index (χ1n) is 0.773. The van der Waals surface area contributed by atoms with Crippen LogP contribution in [0, 0.1) is 4.91 Å².